The van der Waals surface area contributed by atoms with Crippen LogP contribution in [0.4, 0.5) is 10.5 Å². The van der Waals surface area contributed by atoms with Crippen LogP contribution in [0.1, 0.15) is 35.4 Å². The third kappa shape index (κ3) is 8.44. The summed E-state index contributed by atoms with van der Waals surface area (Å²) in [7, 11) is 1.80. The molecule has 0 radical (unpaired) electrons. The Labute approximate surface area is 243 Å². The molecule has 8 nitrogen and oxygen atoms in total. The van der Waals surface area contributed by atoms with E-state index in [1.807, 2.05) is 72.0 Å². The maximum absolute atomic E-state index is 12.8. The normalized spacial score (nSPS) is 14.2. The predicted octanol–water partition coefficient (Wildman–Crippen LogP) is 4.99. The van der Waals surface area contributed by atoms with E-state index >= 15 is 0 Å². The predicted molar refractivity (Wildman–Crippen MR) is 163 cm³/mol. The van der Waals surface area contributed by atoms with Gasteiger partial charge in [0.25, 0.3) is 0 Å². The molecule has 1 aliphatic rings. The number of nitrogens with zero attached hydrogens (tertiary/aromatic N) is 5. The van der Waals surface area contributed by atoms with E-state index in [-0.39, 0.29) is 6.03 Å². The van der Waals surface area contributed by atoms with Crippen molar-refractivity contribution in [2.24, 2.45) is 0 Å². The summed E-state index contributed by atoms with van der Waals surface area (Å²) in [5.74, 6) is 0. The van der Waals surface area contributed by atoms with Crippen LogP contribution in [0.3, 0.4) is 0 Å². The van der Waals surface area contributed by atoms with Gasteiger partial charge in [-0.1, -0.05) is 54.6 Å². The number of anilines is 1. The van der Waals surface area contributed by atoms with Gasteiger partial charge in [-0.05, 0) is 60.4 Å². The van der Waals surface area contributed by atoms with Crippen molar-refractivity contribution in [3.05, 3.63) is 126 Å². The first-order chi connectivity index (χ1) is 20.1. The molecule has 0 bridgehead atoms. The number of pyridine rings is 2. The number of hydrogen-bond acceptors (Lipinski definition) is 6. The summed E-state index contributed by atoms with van der Waals surface area (Å²) >= 11 is 0. The highest BCUT2D eigenvalue weighted by Gasteiger charge is 2.27. The minimum absolute atomic E-state index is 0.117. The van der Waals surface area contributed by atoms with Gasteiger partial charge in [-0.3, -0.25) is 25.2 Å². The second-order valence-electron chi connectivity index (χ2n) is 10.5. The summed E-state index contributed by atoms with van der Waals surface area (Å²) in [5, 5.41) is 5.56. The smallest absolute Gasteiger partial charge is 0.307 e. The Morgan fingerprint density at radius 1 is 0.805 bits per heavy atom. The van der Waals surface area contributed by atoms with Crippen molar-refractivity contribution < 1.29 is 4.79 Å². The third-order valence-electron chi connectivity index (χ3n) is 7.51. The molecule has 8 heteroatoms. The van der Waals surface area contributed by atoms with Crippen molar-refractivity contribution in [3.63, 3.8) is 0 Å². The minimum Gasteiger partial charge on any atom is -0.307 e. The lowest BCUT2D eigenvalue weighted by molar-refractivity contribution is 0.0766. The molecule has 2 aromatic carbocycles. The number of para-hydroxylation sites is 1. The van der Waals surface area contributed by atoms with E-state index in [0.717, 1.165) is 69.2 Å². The average molecular weight is 550 g/mol. The Kier molecular flexibility index (Phi) is 10.1. The van der Waals surface area contributed by atoms with Crippen molar-refractivity contribution >= 4 is 11.7 Å². The lowest BCUT2D eigenvalue weighted by Crippen LogP contribution is -2.53. The van der Waals surface area contributed by atoms with E-state index in [1.54, 1.807) is 11.9 Å². The highest BCUT2D eigenvalue weighted by atomic mass is 16.2. The van der Waals surface area contributed by atoms with Gasteiger partial charge in [-0.25, -0.2) is 9.80 Å². The summed E-state index contributed by atoms with van der Waals surface area (Å²) in [6.07, 6.45) is 5.62. The second-order valence-corrected chi connectivity index (χ2v) is 10.5. The van der Waals surface area contributed by atoms with Gasteiger partial charge in [0, 0.05) is 70.4 Å². The Balaban J connectivity index is 1.19. The molecule has 2 N–H and O–H groups in total. The summed E-state index contributed by atoms with van der Waals surface area (Å²) in [5.41, 5.74) is 8.63. The molecule has 2 amide bonds. The van der Waals surface area contributed by atoms with Gasteiger partial charge in [0.1, 0.15) is 0 Å². The number of aromatic nitrogens is 2. The van der Waals surface area contributed by atoms with Crippen LogP contribution in [0, 0.1) is 0 Å². The number of nitrogens with one attached hydrogen (secondary N) is 2. The number of amides is 2. The van der Waals surface area contributed by atoms with Gasteiger partial charge in [0.2, 0.25) is 0 Å². The van der Waals surface area contributed by atoms with Gasteiger partial charge in [0.15, 0.2) is 0 Å². The average Bonchev–Trinajstić information content (AvgIpc) is 3.02. The van der Waals surface area contributed by atoms with Crippen LogP contribution in [0.15, 0.2) is 103 Å². The van der Waals surface area contributed by atoms with Gasteiger partial charge in [-0.2, -0.15) is 0 Å². The van der Waals surface area contributed by atoms with Crippen LogP contribution in [-0.2, 0) is 26.2 Å². The van der Waals surface area contributed by atoms with Crippen LogP contribution >= 0.6 is 0 Å². The van der Waals surface area contributed by atoms with Crippen molar-refractivity contribution in [2.45, 2.75) is 45.1 Å². The molecule has 0 saturated carbocycles. The fraction of sp³-hybridized carbons (Fsp3) is 0.303. The van der Waals surface area contributed by atoms with E-state index in [9.17, 15) is 4.79 Å². The third-order valence-corrected chi connectivity index (χ3v) is 7.51. The molecule has 0 aliphatic carbocycles. The highest BCUT2D eigenvalue weighted by molar-refractivity contribution is 5.90. The zero-order valence-corrected chi connectivity index (χ0v) is 23.7. The molecule has 1 aliphatic heterocycles. The lowest BCUT2D eigenvalue weighted by Gasteiger charge is -2.39. The van der Waals surface area contributed by atoms with Crippen molar-refractivity contribution in [1.29, 1.82) is 0 Å². The first-order valence-corrected chi connectivity index (χ1v) is 14.3. The molecule has 1 saturated heterocycles. The monoisotopic (exact) mass is 549 g/mol. The maximum Gasteiger partial charge on any atom is 0.336 e. The fourth-order valence-electron chi connectivity index (χ4n) is 5.25. The molecule has 0 unspecified atom stereocenters. The molecule has 1 fully saturated rings. The number of piperidine rings is 1. The Morgan fingerprint density at radius 3 is 2.20 bits per heavy atom. The number of hydrazine groups is 1. The number of benzene rings is 2. The first kappa shape index (κ1) is 28.4. The number of urea groups is 1. The van der Waals surface area contributed by atoms with Crippen molar-refractivity contribution in [1.82, 2.24) is 30.6 Å². The number of carbonyl (C=O) groups excluding carboxylic acids is 1. The molecule has 0 spiro atoms. The Hall–Kier alpha value is -4.11. The molecular weight excluding hydrogens is 510 g/mol. The van der Waals surface area contributed by atoms with Crippen LogP contribution in [0.5, 0.6) is 0 Å². The van der Waals surface area contributed by atoms with E-state index in [2.05, 4.69) is 62.0 Å². The zero-order valence-electron chi connectivity index (χ0n) is 23.7. The molecule has 212 valence electrons. The molecule has 41 heavy (non-hydrogen) atoms. The molecule has 5 rings (SSSR count). The van der Waals surface area contributed by atoms with E-state index in [1.165, 1.54) is 11.1 Å². The highest BCUT2D eigenvalue weighted by Crippen LogP contribution is 2.21. The van der Waals surface area contributed by atoms with Crippen molar-refractivity contribution in [2.75, 3.05) is 25.0 Å². The number of carbonyl (C=O) groups is 1. The SMILES string of the molecule is CN(C(=O)NN1CCC(N(Cc2cccc(CNCc3ccccn3)c2)Cc2ccccn2)CC1)c1ccccc1. The largest absolute Gasteiger partial charge is 0.336 e. The van der Waals surface area contributed by atoms with Gasteiger partial charge in [0.05, 0.1) is 11.4 Å². The van der Waals surface area contributed by atoms with E-state index < -0.39 is 0 Å². The molecule has 4 aromatic rings. The summed E-state index contributed by atoms with van der Waals surface area (Å²) in [6.45, 7) is 4.77. The van der Waals surface area contributed by atoms with Crippen LogP contribution in [-0.4, -0.2) is 52.1 Å². The number of hydrogen-bond donors (Lipinski definition) is 2. The molecule has 0 atom stereocenters. The van der Waals surface area contributed by atoms with Gasteiger partial charge < -0.3 is 5.32 Å². The maximum atomic E-state index is 12.8. The topological polar surface area (TPSA) is 76.6 Å². The second kappa shape index (κ2) is 14.5. The summed E-state index contributed by atoms with van der Waals surface area (Å²) < 4.78 is 0. The lowest BCUT2D eigenvalue weighted by atomic mass is 10.0. The molecular formula is C33H39N7O. The fourth-order valence-corrected chi connectivity index (χ4v) is 5.25. The Bertz CT molecular complexity index is 1350. The first-order valence-electron chi connectivity index (χ1n) is 14.3. The van der Waals surface area contributed by atoms with E-state index in [4.69, 9.17) is 0 Å². The van der Waals surface area contributed by atoms with Gasteiger partial charge in [-0.15, -0.1) is 0 Å². The van der Waals surface area contributed by atoms with Crippen LogP contribution < -0.4 is 15.6 Å². The molecule has 3 heterocycles. The number of rotatable bonds is 11. The van der Waals surface area contributed by atoms with Crippen LogP contribution in [0.2, 0.25) is 0 Å². The standard InChI is InChI=1S/C33H39N7O/c1-38(31-14-3-2-4-15-31)33(41)37-40-20-16-32(17-21-40)39(26-30-13-6-8-19-36-30)25-28-11-9-10-27(22-28)23-34-24-29-12-5-7-18-35-29/h2-15,18-19,22,32,34H,16-17,20-21,23-26H2,1H3,(H,37,41). The van der Waals surface area contributed by atoms with Crippen LogP contribution in [0.25, 0.3) is 0 Å². The quantitative estimate of drug-likeness (QED) is 0.274. The van der Waals surface area contributed by atoms with E-state index in [0.29, 0.717) is 6.04 Å². The van der Waals surface area contributed by atoms with Gasteiger partial charge >= 0.3 is 6.03 Å². The summed E-state index contributed by atoms with van der Waals surface area (Å²) in [4.78, 5) is 26.0. The molecule has 2 aromatic heterocycles. The minimum atomic E-state index is -0.117. The van der Waals surface area contributed by atoms with Crippen molar-refractivity contribution in [3.8, 4) is 0 Å². The Morgan fingerprint density at radius 2 is 1.49 bits per heavy atom. The zero-order chi connectivity index (χ0) is 28.3. The summed E-state index contributed by atoms with van der Waals surface area (Å²) in [6, 6.07) is 30.9.